The van der Waals surface area contributed by atoms with E-state index in [1.165, 1.54) is 0 Å². The van der Waals surface area contributed by atoms with Gasteiger partial charge >= 0.3 is 12.0 Å². The van der Waals surface area contributed by atoms with Gasteiger partial charge in [0.25, 0.3) is 21.9 Å². The van der Waals surface area contributed by atoms with E-state index in [-0.39, 0.29) is 34.8 Å². The van der Waals surface area contributed by atoms with Gasteiger partial charge in [-0.3, -0.25) is 14.1 Å². The summed E-state index contributed by atoms with van der Waals surface area (Å²) in [5, 5.41) is 4.15. The third-order valence-electron chi connectivity index (χ3n) is 4.67. The lowest BCUT2D eigenvalue weighted by Crippen LogP contribution is -2.37. The summed E-state index contributed by atoms with van der Waals surface area (Å²) in [6.45, 7) is 0. The van der Waals surface area contributed by atoms with Crippen molar-refractivity contribution in [3.63, 3.8) is 0 Å². The van der Waals surface area contributed by atoms with Crippen molar-refractivity contribution in [1.29, 1.82) is 0 Å². The molecule has 0 spiro atoms. The number of hydrogen-bond acceptors (Lipinski definition) is 8. The first-order chi connectivity index (χ1) is 12.7. The molecule has 3 aliphatic rings. The Labute approximate surface area is 159 Å². The SMILES string of the molecule is O=C1N[C@H]2[C@H](CS[C@H]2CCCCC(=O)ON2C(=O)CC(S(=O)(=O)O)C2=O)N1. The van der Waals surface area contributed by atoms with Gasteiger partial charge in [0.05, 0.1) is 18.5 Å². The Kier molecular flexibility index (Phi) is 5.63. The van der Waals surface area contributed by atoms with Crippen molar-refractivity contribution >= 4 is 45.7 Å². The van der Waals surface area contributed by atoms with Crippen LogP contribution in [-0.2, 0) is 29.3 Å². The molecule has 0 radical (unpaired) electrons. The van der Waals surface area contributed by atoms with Crippen molar-refractivity contribution in [2.75, 3.05) is 5.75 Å². The lowest BCUT2D eigenvalue weighted by molar-refractivity contribution is -0.197. The van der Waals surface area contributed by atoms with Gasteiger partial charge in [0, 0.05) is 17.4 Å². The predicted molar refractivity (Wildman–Crippen MR) is 91.9 cm³/mol. The quantitative estimate of drug-likeness (QED) is 0.207. The average molecular weight is 421 g/mol. The maximum atomic E-state index is 11.8. The normalized spacial score (nSPS) is 30.3. The van der Waals surface area contributed by atoms with Crippen LogP contribution in [0.4, 0.5) is 4.79 Å². The third kappa shape index (κ3) is 4.35. The summed E-state index contributed by atoms with van der Waals surface area (Å²) in [7, 11) is -4.74. The van der Waals surface area contributed by atoms with E-state index in [0.29, 0.717) is 12.8 Å². The van der Waals surface area contributed by atoms with Crippen molar-refractivity contribution in [3.8, 4) is 0 Å². The summed E-state index contributed by atoms with van der Waals surface area (Å²) in [6, 6.07) is 0.0362. The number of amides is 4. The summed E-state index contributed by atoms with van der Waals surface area (Å²) in [6.07, 6.45) is 1.11. The number of nitrogens with zero attached hydrogens (tertiary/aromatic N) is 1. The molecule has 0 bridgehead atoms. The fourth-order valence-corrected chi connectivity index (χ4v) is 5.56. The van der Waals surface area contributed by atoms with E-state index in [2.05, 4.69) is 15.5 Å². The van der Waals surface area contributed by atoms with Crippen LogP contribution in [0.1, 0.15) is 32.1 Å². The molecule has 1 unspecified atom stereocenters. The van der Waals surface area contributed by atoms with E-state index in [1.807, 2.05) is 0 Å². The Balaban J connectivity index is 1.40. The molecule has 0 aromatic rings. The highest BCUT2D eigenvalue weighted by Gasteiger charge is 2.48. The lowest BCUT2D eigenvalue weighted by Gasteiger charge is -2.16. The molecule has 0 aliphatic carbocycles. The number of hydrogen-bond donors (Lipinski definition) is 3. The predicted octanol–water partition coefficient (Wildman–Crippen LogP) is -0.814. The third-order valence-corrected chi connectivity index (χ3v) is 7.27. The van der Waals surface area contributed by atoms with Crippen LogP contribution >= 0.6 is 11.8 Å². The highest BCUT2D eigenvalue weighted by Crippen LogP contribution is 2.33. The second-order valence-corrected chi connectivity index (χ2v) is 9.44. The van der Waals surface area contributed by atoms with Gasteiger partial charge in [-0.15, -0.1) is 5.06 Å². The van der Waals surface area contributed by atoms with Gasteiger partial charge in [-0.2, -0.15) is 20.2 Å². The van der Waals surface area contributed by atoms with Crippen LogP contribution in [0.25, 0.3) is 0 Å². The smallest absolute Gasteiger partial charge is 0.332 e. The van der Waals surface area contributed by atoms with Crippen molar-refractivity contribution in [2.45, 2.75) is 54.7 Å². The molecular weight excluding hydrogens is 402 g/mol. The number of fused-ring (bicyclic) bond motifs is 1. The van der Waals surface area contributed by atoms with Gasteiger partial charge in [0.15, 0.2) is 5.25 Å². The Bertz CT molecular complexity index is 770. The molecule has 3 fully saturated rings. The van der Waals surface area contributed by atoms with E-state index in [0.717, 1.165) is 12.2 Å². The van der Waals surface area contributed by atoms with Crippen molar-refractivity contribution in [1.82, 2.24) is 15.7 Å². The largest absolute Gasteiger partial charge is 0.333 e. The minimum Gasteiger partial charge on any atom is -0.332 e. The molecule has 0 saturated carbocycles. The second-order valence-electron chi connectivity index (χ2n) is 6.57. The minimum atomic E-state index is -4.74. The summed E-state index contributed by atoms with van der Waals surface area (Å²) >= 11 is 1.75. The Hall–Kier alpha value is -1.86. The van der Waals surface area contributed by atoms with Crippen LogP contribution in [0.3, 0.4) is 0 Å². The minimum absolute atomic E-state index is 0.0519. The van der Waals surface area contributed by atoms with E-state index < -0.39 is 39.6 Å². The van der Waals surface area contributed by atoms with E-state index in [1.54, 1.807) is 11.8 Å². The van der Waals surface area contributed by atoms with Crippen LogP contribution in [0.2, 0.25) is 0 Å². The topological polar surface area (TPSA) is 159 Å². The number of thioether (sulfide) groups is 1. The molecule has 4 atom stereocenters. The molecule has 3 rings (SSSR count). The molecule has 3 N–H and O–H groups in total. The number of urea groups is 1. The summed E-state index contributed by atoms with van der Waals surface area (Å²) in [5.74, 6) is -2.26. The number of hydroxylamine groups is 2. The summed E-state index contributed by atoms with van der Waals surface area (Å²) in [5.41, 5.74) is 0. The molecule has 13 heteroatoms. The molecule has 150 valence electrons. The van der Waals surface area contributed by atoms with Crippen LogP contribution in [0.15, 0.2) is 0 Å². The molecule has 3 heterocycles. The number of carbonyl (C=O) groups excluding carboxylic acids is 4. The first kappa shape index (κ1) is 19.9. The number of rotatable bonds is 7. The lowest BCUT2D eigenvalue weighted by atomic mass is 10.0. The zero-order valence-electron chi connectivity index (χ0n) is 14.1. The molecule has 4 amide bonds. The van der Waals surface area contributed by atoms with Crippen molar-refractivity contribution in [2.24, 2.45) is 0 Å². The van der Waals surface area contributed by atoms with Gasteiger partial charge in [0.2, 0.25) is 0 Å². The Morgan fingerprint density at radius 2 is 2.00 bits per heavy atom. The van der Waals surface area contributed by atoms with E-state index in [9.17, 15) is 27.6 Å². The van der Waals surface area contributed by atoms with Crippen molar-refractivity contribution in [3.05, 3.63) is 0 Å². The summed E-state index contributed by atoms with van der Waals surface area (Å²) in [4.78, 5) is 51.2. The zero-order valence-corrected chi connectivity index (χ0v) is 15.8. The number of nitrogens with one attached hydrogen (secondary N) is 2. The molecule has 3 saturated heterocycles. The maximum Gasteiger partial charge on any atom is 0.333 e. The van der Waals surface area contributed by atoms with Crippen LogP contribution < -0.4 is 10.6 Å². The molecule has 11 nitrogen and oxygen atoms in total. The van der Waals surface area contributed by atoms with Gasteiger partial charge in [0.1, 0.15) is 0 Å². The maximum absolute atomic E-state index is 11.8. The summed E-state index contributed by atoms with van der Waals surface area (Å²) < 4.78 is 31.0. The van der Waals surface area contributed by atoms with E-state index in [4.69, 9.17) is 4.55 Å². The van der Waals surface area contributed by atoms with E-state index >= 15 is 0 Å². The standard InChI is InChI=1S/C14H19N3O8S2/c18-10-5-9(27(22,23)24)13(20)17(10)25-11(19)4-2-1-3-8-12-7(6-26-8)15-14(21)16-12/h7-9,12H,1-6H2,(H2,15,16,21)(H,22,23,24)/t7-,8-,9?,12-/m0/s1. The highest BCUT2D eigenvalue weighted by molar-refractivity contribution is 8.00. The second kappa shape index (κ2) is 7.64. The van der Waals surface area contributed by atoms with Gasteiger partial charge in [-0.1, -0.05) is 6.42 Å². The fourth-order valence-electron chi connectivity index (χ4n) is 3.32. The Morgan fingerprint density at radius 3 is 2.67 bits per heavy atom. The molecule has 0 aromatic carbocycles. The fraction of sp³-hybridized carbons (Fsp3) is 0.714. The number of unbranched alkanes of at least 4 members (excludes halogenated alkanes) is 1. The van der Waals surface area contributed by atoms with Gasteiger partial charge in [-0.25, -0.2) is 9.59 Å². The van der Waals surface area contributed by atoms with Crippen LogP contribution in [0.5, 0.6) is 0 Å². The first-order valence-electron chi connectivity index (χ1n) is 8.39. The Morgan fingerprint density at radius 1 is 1.26 bits per heavy atom. The highest BCUT2D eigenvalue weighted by atomic mass is 32.2. The number of imide groups is 1. The van der Waals surface area contributed by atoms with Gasteiger partial charge in [-0.05, 0) is 12.8 Å². The molecular formula is C14H19N3O8S2. The first-order valence-corrected chi connectivity index (χ1v) is 10.9. The van der Waals surface area contributed by atoms with Crippen LogP contribution in [0, 0.1) is 0 Å². The van der Waals surface area contributed by atoms with Crippen molar-refractivity contribution < 1.29 is 37.0 Å². The molecule has 0 aromatic heterocycles. The zero-order chi connectivity index (χ0) is 19.8. The van der Waals surface area contributed by atoms with Gasteiger partial charge < -0.3 is 15.5 Å². The molecule has 27 heavy (non-hydrogen) atoms. The molecule has 3 aliphatic heterocycles. The monoisotopic (exact) mass is 421 g/mol. The van der Waals surface area contributed by atoms with Crippen LogP contribution in [-0.4, -0.2) is 70.2 Å². The number of carbonyl (C=O) groups is 4. The average Bonchev–Trinajstić information content (AvgIpc) is 3.19.